The largest absolute Gasteiger partial charge is 0.338 e. The van der Waals surface area contributed by atoms with E-state index in [0.29, 0.717) is 16.4 Å². The van der Waals surface area contributed by atoms with Crippen molar-refractivity contribution in [2.75, 3.05) is 6.26 Å². The van der Waals surface area contributed by atoms with Crippen molar-refractivity contribution in [2.45, 2.75) is 88.7 Å². The number of benzene rings is 1. The summed E-state index contributed by atoms with van der Waals surface area (Å²) in [6.07, 6.45) is 16.5. The molecule has 2 aromatic heterocycles. The van der Waals surface area contributed by atoms with Crippen molar-refractivity contribution in [2.24, 2.45) is 0 Å². The van der Waals surface area contributed by atoms with Crippen molar-refractivity contribution in [3.05, 3.63) is 65.6 Å². The Hall–Kier alpha value is -2.74. The number of aromatic nitrogens is 5. The van der Waals surface area contributed by atoms with Crippen LogP contribution in [-0.2, 0) is 6.54 Å². The summed E-state index contributed by atoms with van der Waals surface area (Å²) < 4.78 is 0. The molecule has 0 bridgehead atoms. The van der Waals surface area contributed by atoms with Gasteiger partial charge in [-0.2, -0.15) is 4.80 Å². The van der Waals surface area contributed by atoms with Gasteiger partial charge in [-0.15, -0.1) is 22.0 Å². The number of tetrazole rings is 1. The predicted octanol–water partition coefficient (Wildman–Crippen LogP) is 6.23. The number of carbonyl (C=O) groups excluding carboxylic acids is 1. The SMILES string of the molecule is CCCCCCCCCCCCn1nnc(C(NC(=O)c2cccnc2SC)c2ccccc2)n1. The standard InChI is InChI=1S/C27H38N6OS/c1-3-4-5-6-7-8-9-10-11-15-21-33-31-25(30-32-33)24(22-17-13-12-14-18-22)29-26(34)23-19-16-20-28-27(23)35-2/h12-14,16-20,24H,3-11,15,21H2,1-2H3,(H,29,34). The van der Waals surface area contributed by atoms with Crippen molar-refractivity contribution >= 4 is 17.7 Å². The second kappa shape index (κ2) is 15.3. The third kappa shape index (κ3) is 8.76. The van der Waals surface area contributed by atoms with Crippen LogP contribution in [0.1, 0.15) is 98.9 Å². The lowest BCUT2D eigenvalue weighted by Crippen LogP contribution is -2.30. The normalized spacial score (nSPS) is 11.9. The Morgan fingerprint density at radius 1 is 0.943 bits per heavy atom. The molecule has 0 fully saturated rings. The van der Waals surface area contributed by atoms with Gasteiger partial charge in [-0.1, -0.05) is 95.0 Å². The van der Waals surface area contributed by atoms with Crippen LogP contribution in [0.4, 0.5) is 0 Å². The molecule has 0 saturated heterocycles. The fourth-order valence-corrected chi connectivity index (χ4v) is 4.63. The molecule has 0 radical (unpaired) electrons. The molecular weight excluding hydrogens is 456 g/mol. The molecule has 1 amide bonds. The zero-order chi connectivity index (χ0) is 24.7. The van der Waals surface area contributed by atoms with Crippen LogP contribution in [0.5, 0.6) is 0 Å². The highest BCUT2D eigenvalue weighted by molar-refractivity contribution is 7.98. The minimum atomic E-state index is -0.486. The van der Waals surface area contributed by atoms with Gasteiger partial charge in [0, 0.05) is 6.20 Å². The van der Waals surface area contributed by atoms with Gasteiger partial charge >= 0.3 is 0 Å². The highest BCUT2D eigenvalue weighted by Crippen LogP contribution is 2.22. The van der Waals surface area contributed by atoms with E-state index >= 15 is 0 Å². The van der Waals surface area contributed by atoms with Crippen LogP contribution in [0.25, 0.3) is 0 Å². The number of nitrogens with zero attached hydrogens (tertiary/aromatic N) is 5. The average Bonchev–Trinajstić information content (AvgIpc) is 3.37. The van der Waals surface area contributed by atoms with Gasteiger partial charge in [0.05, 0.1) is 12.1 Å². The molecule has 0 spiro atoms. The first-order valence-electron chi connectivity index (χ1n) is 12.9. The van der Waals surface area contributed by atoms with Crippen molar-refractivity contribution in [1.29, 1.82) is 0 Å². The Morgan fingerprint density at radius 3 is 2.31 bits per heavy atom. The van der Waals surface area contributed by atoms with E-state index in [1.54, 1.807) is 23.1 Å². The maximum atomic E-state index is 13.1. The van der Waals surface area contributed by atoms with Crippen molar-refractivity contribution < 1.29 is 4.79 Å². The van der Waals surface area contributed by atoms with Crippen LogP contribution < -0.4 is 5.32 Å². The summed E-state index contributed by atoms with van der Waals surface area (Å²) >= 11 is 1.45. The van der Waals surface area contributed by atoms with Gasteiger partial charge < -0.3 is 5.32 Å². The maximum Gasteiger partial charge on any atom is 0.254 e. The van der Waals surface area contributed by atoms with Gasteiger partial charge in [0.25, 0.3) is 5.91 Å². The number of nitrogens with one attached hydrogen (secondary N) is 1. The van der Waals surface area contributed by atoms with Crippen LogP contribution >= 0.6 is 11.8 Å². The zero-order valence-corrected chi connectivity index (χ0v) is 21.8. The first-order valence-corrected chi connectivity index (χ1v) is 14.1. The van der Waals surface area contributed by atoms with Gasteiger partial charge in [-0.3, -0.25) is 4.79 Å². The highest BCUT2D eigenvalue weighted by Gasteiger charge is 2.23. The molecule has 3 aromatic rings. The molecular formula is C27H38N6OS. The second-order valence-electron chi connectivity index (χ2n) is 8.80. The van der Waals surface area contributed by atoms with Crippen LogP contribution in [0.2, 0.25) is 0 Å². The summed E-state index contributed by atoms with van der Waals surface area (Å²) in [6.45, 7) is 2.99. The fraction of sp³-hybridized carbons (Fsp3) is 0.519. The van der Waals surface area contributed by atoms with Crippen LogP contribution in [0.3, 0.4) is 0 Å². The van der Waals surface area contributed by atoms with E-state index in [-0.39, 0.29) is 5.91 Å². The van der Waals surface area contributed by atoms with Gasteiger partial charge in [0.2, 0.25) is 5.82 Å². The molecule has 1 aromatic carbocycles. The van der Waals surface area contributed by atoms with E-state index in [4.69, 9.17) is 0 Å². The van der Waals surface area contributed by atoms with Crippen LogP contribution in [0, 0.1) is 0 Å². The molecule has 2 heterocycles. The molecule has 0 aliphatic carbocycles. The van der Waals surface area contributed by atoms with E-state index in [1.165, 1.54) is 69.5 Å². The Bertz CT molecular complexity index is 1010. The number of aryl methyl sites for hydroxylation is 1. The average molecular weight is 495 g/mol. The van der Waals surface area contributed by atoms with Crippen molar-refractivity contribution in [3.63, 3.8) is 0 Å². The van der Waals surface area contributed by atoms with Gasteiger partial charge in [-0.25, -0.2) is 4.98 Å². The van der Waals surface area contributed by atoms with E-state index in [2.05, 4.69) is 32.6 Å². The first-order chi connectivity index (χ1) is 17.2. The quantitative estimate of drug-likeness (QED) is 0.188. The van der Waals surface area contributed by atoms with Crippen LogP contribution in [0.15, 0.2) is 53.7 Å². The number of unbranched alkanes of at least 4 members (excludes halogenated alkanes) is 9. The predicted molar refractivity (Wildman–Crippen MR) is 141 cm³/mol. The summed E-state index contributed by atoms with van der Waals surface area (Å²) in [6, 6.07) is 12.8. The first kappa shape index (κ1) is 26.9. The molecule has 35 heavy (non-hydrogen) atoms. The smallest absolute Gasteiger partial charge is 0.254 e. The molecule has 1 atom stereocenters. The number of rotatable bonds is 16. The molecule has 1 unspecified atom stereocenters. The summed E-state index contributed by atoms with van der Waals surface area (Å²) in [5.41, 5.74) is 1.45. The molecule has 0 aliphatic rings. The monoisotopic (exact) mass is 494 g/mol. The Morgan fingerprint density at radius 2 is 1.63 bits per heavy atom. The second-order valence-corrected chi connectivity index (χ2v) is 9.60. The number of hydrogen-bond donors (Lipinski definition) is 1. The summed E-state index contributed by atoms with van der Waals surface area (Å²) in [5.74, 6) is 0.286. The van der Waals surface area contributed by atoms with Crippen molar-refractivity contribution in [3.8, 4) is 0 Å². The van der Waals surface area contributed by atoms with Gasteiger partial charge in [0.15, 0.2) is 0 Å². The maximum absolute atomic E-state index is 13.1. The zero-order valence-electron chi connectivity index (χ0n) is 21.0. The Labute approximate surface area is 213 Å². The molecule has 0 saturated carbocycles. The van der Waals surface area contributed by atoms with E-state index < -0.39 is 6.04 Å². The lowest BCUT2D eigenvalue weighted by Gasteiger charge is -2.16. The number of pyridine rings is 1. The molecule has 0 aliphatic heterocycles. The van der Waals surface area contributed by atoms with Crippen molar-refractivity contribution in [1.82, 2.24) is 30.5 Å². The third-order valence-electron chi connectivity index (χ3n) is 6.06. The number of thioether (sulfide) groups is 1. The lowest BCUT2D eigenvalue weighted by atomic mass is 10.1. The minimum Gasteiger partial charge on any atom is -0.338 e. The molecule has 3 rings (SSSR count). The summed E-state index contributed by atoms with van der Waals surface area (Å²) in [5, 5.41) is 16.9. The summed E-state index contributed by atoms with van der Waals surface area (Å²) in [4.78, 5) is 19.1. The van der Waals surface area contributed by atoms with E-state index in [9.17, 15) is 4.79 Å². The Balaban J connectivity index is 1.54. The Kier molecular flexibility index (Phi) is 11.7. The molecule has 1 N–H and O–H groups in total. The van der Waals surface area contributed by atoms with Crippen LogP contribution in [-0.4, -0.2) is 37.4 Å². The third-order valence-corrected chi connectivity index (χ3v) is 6.77. The topological polar surface area (TPSA) is 85.6 Å². The number of amides is 1. The number of hydrogen-bond acceptors (Lipinski definition) is 6. The van der Waals surface area contributed by atoms with E-state index in [0.717, 1.165) is 18.5 Å². The van der Waals surface area contributed by atoms with Gasteiger partial charge in [0.1, 0.15) is 11.1 Å². The van der Waals surface area contributed by atoms with E-state index in [1.807, 2.05) is 36.6 Å². The molecule has 7 nitrogen and oxygen atoms in total. The number of carbonyl (C=O) groups is 1. The highest BCUT2D eigenvalue weighted by atomic mass is 32.2. The lowest BCUT2D eigenvalue weighted by molar-refractivity contribution is 0.0937. The molecule has 188 valence electrons. The van der Waals surface area contributed by atoms with Gasteiger partial charge in [-0.05, 0) is 35.6 Å². The molecule has 8 heteroatoms. The summed E-state index contributed by atoms with van der Waals surface area (Å²) in [7, 11) is 0. The fourth-order valence-electron chi connectivity index (χ4n) is 4.08. The minimum absolute atomic E-state index is 0.206.